The molecule has 5 nitrogen and oxygen atoms in total. The Hall–Kier alpha value is -2.06. The summed E-state index contributed by atoms with van der Waals surface area (Å²) in [4.78, 5) is 10.4. The van der Waals surface area contributed by atoms with E-state index in [-0.39, 0.29) is 16.9 Å². The molecule has 0 bridgehead atoms. The number of rotatable bonds is 2. The number of nitrogens with zero attached hydrogens (tertiary/aromatic N) is 1. The SMILES string of the molecule is N#Cc1ccc(C(O)C(=O)O)cc1O. The van der Waals surface area contributed by atoms with E-state index in [1.807, 2.05) is 0 Å². The van der Waals surface area contributed by atoms with E-state index in [4.69, 9.17) is 15.5 Å². The third-order valence-electron chi connectivity index (χ3n) is 1.69. The zero-order valence-corrected chi connectivity index (χ0v) is 7.01. The highest BCUT2D eigenvalue weighted by molar-refractivity contribution is 5.74. The van der Waals surface area contributed by atoms with Crippen LogP contribution >= 0.6 is 0 Å². The first-order valence-corrected chi connectivity index (χ1v) is 3.70. The Morgan fingerprint density at radius 1 is 1.50 bits per heavy atom. The van der Waals surface area contributed by atoms with E-state index < -0.39 is 12.1 Å². The third-order valence-corrected chi connectivity index (χ3v) is 1.69. The number of carboxylic acids is 1. The van der Waals surface area contributed by atoms with Gasteiger partial charge in [0.1, 0.15) is 11.8 Å². The second-order valence-corrected chi connectivity index (χ2v) is 2.63. The summed E-state index contributed by atoms with van der Waals surface area (Å²) < 4.78 is 0. The van der Waals surface area contributed by atoms with Crippen molar-refractivity contribution in [2.24, 2.45) is 0 Å². The van der Waals surface area contributed by atoms with Crippen molar-refractivity contribution in [2.75, 3.05) is 0 Å². The molecule has 1 aromatic carbocycles. The smallest absolute Gasteiger partial charge is 0.337 e. The summed E-state index contributed by atoms with van der Waals surface area (Å²) in [5, 5.41) is 35.2. The van der Waals surface area contributed by atoms with E-state index in [1.165, 1.54) is 12.1 Å². The van der Waals surface area contributed by atoms with Gasteiger partial charge in [0, 0.05) is 0 Å². The Bertz CT molecular complexity index is 408. The monoisotopic (exact) mass is 193 g/mol. The topological polar surface area (TPSA) is 102 Å². The molecule has 0 spiro atoms. The van der Waals surface area contributed by atoms with Crippen molar-refractivity contribution in [1.82, 2.24) is 0 Å². The number of carboxylic acid groups (broad SMARTS) is 1. The summed E-state index contributed by atoms with van der Waals surface area (Å²) in [5.74, 6) is -1.75. The number of hydrogen-bond acceptors (Lipinski definition) is 4. The molecular weight excluding hydrogens is 186 g/mol. The van der Waals surface area contributed by atoms with E-state index in [9.17, 15) is 9.90 Å². The van der Waals surface area contributed by atoms with E-state index in [2.05, 4.69) is 0 Å². The molecule has 72 valence electrons. The number of aliphatic hydroxyl groups is 1. The summed E-state index contributed by atoms with van der Waals surface area (Å²) in [6, 6.07) is 5.29. The molecule has 5 heteroatoms. The number of aliphatic carboxylic acids is 1. The maximum atomic E-state index is 10.4. The van der Waals surface area contributed by atoms with Crippen LogP contribution in [0.2, 0.25) is 0 Å². The molecule has 14 heavy (non-hydrogen) atoms. The van der Waals surface area contributed by atoms with Gasteiger partial charge in [-0.3, -0.25) is 0 Å². The summed E-state index contributed by atoms with van der Waals surface area (Å²) in [5.41, 5.74) is 0.0698. The van der Waals surface area contributed by atoms with Gasteiger partial charge in [0.2, 0.25) is 0 Å². The zero-order valence-electron chi connectivity index (χ0n) is 7.01. The molecule has 0 fully saturated rings. The van der Waals surface area contributed by atoms with Gasteiger partial charge in [-0.05, 0) is 17.7 Å². The minimum Gasteiger partial charge on any atom is -0.507 e. The number of aliphatic hydroxyl groups excluding tert-OH is 1. The lowest BCUT2D eigenvalue weighted by molar-refractivity contribution is -0.146. The molecule has 1 unspecified atom stereocenters. The lowest BCUT2D eigenvalue weighted by Gasteiger charge is -2.06. The van der Waals surface area contributed by atoms with Crippen LogP contribution in [0.25, 0.3) is 0 Å². The summed E-state index contributed by atoms with van der Waals surface area (Å²) in [6.45, 7) is 0. The van der Waals surface area contributed by atoms with Crippen molar-refractivity contribution in [3.05, 3.63) is 29.3 Å². The van der Waals surface area contributed by atoms with Gasteiger partial charge in [0.15, 0.2) is 6.10 Å². The Morgan fingerprint density at radius 3 is 2.57 bits per heavy atom. The average molecular weight is 193 g/mol. The van der Waals surface area contributed by atoms with Gasteiger partial charge in [0.05, 0.1) is 5.56 Å². The lowest BCUT2D eigenvalue weighted by Crippen LogP contribution is -2.10. The number of phenolic OH excluding ortho intramolecular Hbond substituents is 1. The summed E-state index contributed by atoms with van der Waals surface area (Å²) in [6.07, 6.45) is -1.69. The van der Waals surface area contributed by atoms with E-state index in [0.29, 0.717) is 0 Å². The molecule has 0 aliphatic rings. The summed E-state index contributed by atoms with van der Waals surface area (Å²) in [7, 11) is 0. The number of aromatic hydroxyl groups is 1. The van der Waals surface area contributed by atoms with E-state index in [1.54, 1.807) is 6.07 Å². The predicted molar refractivity (Wildman–Crippen MR) is 45.4 cm³/mol. The van der Waals surface area contributed by atoms with Gasteiger partial charge in [-0.2, -0.15) is 5.26 Å². The van der Waals surface area contributed by atoms with Crippen LogP contribution in [0.15, 0.2) is 18.2 Å². The standard InChI is InChI=1S/C9H7NO4/c10-4-6-2-1-5(3-7(6)11)8(12)9(13)14/h1-3,8,11-12H,(H,13,14). The minimum atomic E-state index is -1.69. The van der Waals surface area contributed by atoms with Crippen molar-refractivity contribution in [2.45, 2.75) is 6.10 Å². The fourth-order valence-electron chi connectivity index (χ4n) is 0.956. The molecule has 0 heterocycles. The Balaban J connectivity index is 3.10. The first-order valence-electron chi connectivity index (χ1n) is 3.70. The average Bonchev–Trinajstić information content (AvgIpc) is 2.16. The maximum absolute atomic E-state index is 10.4. The first kappa shape index (κ1) is 10.0. The molecule has 1 atom stereocenters. The Kier molecular flexibility index (Phi) is 2.70. The predicted octanol–water partition coefficient (Wildman–Crippen LogP) is 0.382. The fraction of sp³-hybridized carbons (Fsp3) is 0.111. The highest BCUT2D eigenvalue weighted by Gasteiger charge is 2.16. The van der Waals surface area contributed by atoms with Crippen LogP contribution in [0, 0.1) is 11.3 Å². The van der Waals surface area contributed by atoms with Crippen LogP contribution < -0.4 is 0 Å². The van der Waals surface area contributed by atoms with Crippen molar-refractivity contribution < 1.29 is 20.1 Å². The van der Waals surface area contributed by atoms with E-state index in [0.717, 1.165) is 6.07 Å². The highest BCUT2D eigenvalue weighted by Crippen LogP contribution is 2.22. The molecule has 0 amide bonds. The fourth-order valence-corrected chi connectivity index (χ4v) is 0.956. The molecule has 0 aromatic heterocycles. The number of nitriles is 1. The second-order valence-electron chi connectivity index (χ2n) is 2.63. The van der Waals surface area contributed by atoms with Gasteiger partial charge in [-0.1, -0.05) is 6.07 Å². The molecule has 0 aliphatic heterocycles. The van der Waals surface area contributed by atoms with Gasteiger partial charge >= 0.3 is 5.97 Å². The first-order chi connectivity index (χ1) is 6.56. The molecular formula is C9H7NO4. The van der Waals surface area contributed by atoms with Crippen molar-refractivity contribution in [3.8, 4) is 11.8 Å². The lowest BCUT2D eigenvalue weighted by atomic mass is 10.1. The molecule has 0 saturated carbocycles. The Morgan fingerprint density at radius 2 is 2.14 bits per heavy atom. The van der Waals surface area contributed by atoms with Gasteiger partial charge < -0.3 is 15.3 Å². The van der Waals surface area contributed by atoms with Crippen LogP contribution in [0.4, 0.5) is 0 Å². The van der Waals surface area contributed by atoms with Crippen LogP contribution in [-0.4, -0.2) is 21.3 Å². The minimum absolute atomic E-state index is 0.0336. The zero-order chi connectivity index (χ0) is 10.7. The number of benzene rings is 1. The van der Waals surface area contributed by atoms with Crippen LogP contribution in [-0.2, 0) is 4.79 Å². The highest BCUT2D eigenvalue weighted by atomic mass is 16.4. The van der Waals surface area contributed by atoms with Gasteiger partial charge in [-0.15, -0.1) is 0 Å². The quantitative estimate of drug-likeness (QED) is 0.630. The van der Waals surface area contributed by atoms with Crippen molar-refractivity contribution in [3.63, 3.8) is 0 Å². The second kappa shape index (κ2) is 3.77. The largest absolute Gasteiger partial charge is 0.507 e. The maximum Gasteiger partial charge on any atom is 0.337 e. The molecule has 1 rings (SSSR count). The summed E-state index contributed by atoms with van der Waals surface area (Å²) >= 11 is 0. The Labute approximate surface area is 79.5 Å². The molecule has 0 saturated heterocycles. The van der Waals surface area contributed by atoms with Crippen LogP contribution in [0.5, 0.6) is 5.75 Å². The number of carbonyl (C=O) groups is 1. The molecule has 3 N–H and O–H groups in total. The van der Waals surface area contributed by atoms with Gasteiger partial charge in [-0.25, -0.2) is 4.79 Å². The van der Waals surface area contributed by atoms with Crippen molar-refractivity contribution >= 4 is 5.97 Å². The molecule has 0 aliphatic carbocycles. The normalized spacial score (nSPS) is 11.7. The van der Waals surface area contributed by atoms with Gasteiger partial charge in [0.25, 0.3) is 0 Å². The van der Waals surface area contributed by atoms with Crippen LogP contribution in [0.3, 0.4) is 0 Å². The van der Waals surface area contributed by atoms with Crippen molar-refractivity contribution in [1.29, 1.82) is 5.26 Å². The number of phenols is 1. The third kappa shape index (κ3) is 1.81. The molecule has 1 aromatic rings. The number of hydrogen-bond donors (Lipinski definition) is 3. The van der Waals surface area contributed by atoms with Crippen LogP contribution in [0.1, 0.15) is 17.2 Å². The molecule has 0 radical (unpaired) electrons. The van der Waals surface area contributed by atoms with E-state index >= 15 is 0 Å².